The lowest BCUT2D eigenvalue weighted by molar-refractivity contribution is 0.0290. The highest BCUT2D eigenvalue weighted by Gasteiger charge is 2.35. The third kappa shape index (κ3) is 4.95. The van der Waals surface area contributed by atoms with Crippen molar-refractivity contribution in [1.82, 2.24) is 24.8 Å². The summed E-state index contributed by atoms with van der Waals surface area (Å²) in [7, 11) is 0. The lowest BCUT2D eigenvalue weighted by Gasteiger charge is -2.30. The summed E-state index contributed by atoms with van der Waals surface area (Å²) in [5.74, 6) is -1.68. The maximum Gasteiger partial charge on any atom is 0.281 e. The Balaban J connectivity index is 2.03. The van der Waals surface area contributed by atoms with Gasteiger partial charge in [0.05, 0.1) is 35.6 Å². The second-order valence-corrected chi connectivity index (χ2v) is 7.29. The van der Waals surface area contributed by atoms with E-state index >= 15 is 0 Å². The summed E-state index contributed by atoms with van der Waals surface area (Å²) < 4.78 is 66.4. The lowest BCUT2D eigenvalue weighted by Crippen LogP contribution is -2.44. The zero-order chi connectivity index (χ0) is 22.9. The number of halogens is 5. The van der Waals surface area contributed by atoms with Crippen molar-refractivity contribution in [1.29, 1.82) is 0 Å². The smallest absolute Gasteiger partial charge is 0.281 e. The maximum absolute atomic E-state index is 13.6. The molecule has 1 amide bonds. The Bertz CT molecular complexity index is 1080. The third-order valence-corrected chi connectivity index (χ3v) is 4.43. The normalized spacial score (nSPS) is 13.2. The van der Waals surface area contributed by atoms with E-state index < -0.39 is 48.5 Å². The van der Waals surface area contributed by atoms with Crippen molar-refractivity contribution >= 4 is 16.9 Å². The molecule has 0 fully saturated rings. The van der Waals surface area contributed by atoms with Crippen LogP contribution in [-0.2, 0) is 6.54 Å². The van der Waals surface area contributed by atoms with E-state index in [2.05, 4.69) is 20.3 Å². The van der Waals surface area contributed by atoms with Crippen LogP contribution in [0.15, 0.2) is 30.6 Å². The van der Waals surface area contributed by atoms with E-state index in [1.54, 1.807) is 0 Å². The van der Waals surface area contributed by atoms with Gasteiger partial charge in [-0.05, 0) is 26.0 Å². The third-order valence-electron chi connectivity index (χ3n) is 4.43. The van der Waals surface area contributed by atoms with Gasteiger partial charge in [-0.15, -0.1) is 0 Å². The summed E-state index contributed by atoms with van der Waals surface area (Å²) in [6.45, 7) is 1.81. The van der Waals surface area contributed by atoms with Gasteiger partial charge in [0.15, 0.2) is 0 Å². The Morgan fingerprint density at radius 1 is 1.19 bits per heavy atom. The first-order valence-electron chi connectivity index (χ1n) is 9.04. The molecule has 0 saturated heterocycles. The van der Waals surface area contributed by atoms with Gasteiger partial charge >= 0.3 is 0 Å². The number of benzene rings is 1. The second kappa shape index (κ2) is 8.53. The Kier molecular flexibility index (Phi) is 6.20. The molecule has 12 heteroatoms. The van der Waals surface area contributed by atoms with E-state index in [1.807, 2.05) is 0 Å². The van der Waals surface area contributed by atoms with E-state index in [0.29, 0.717) is 0 Å². The highest BCUT2D eigenvalue weighted by molar-refractivity contribution is 5.92. The Labute approximate surface area is 173 Å². The first-order chi connectivity index (χ1) is 14.5. The summed E-state index contributed by atoms with van der Waals surface area (Å²) in [5, 5.41) is 13.0. The van der Waals surface area contributed by atoms with E-state index in [-0.39, 0.29) is 22.6 Å². The molecular formula is C19H18F5N5O2. The molecule has 0 bridgehead atoms. The van der Waals surface area contributed by atoms with Crippen molar-refractivity contribution in [2.24, 2.45) is 0 Å². The van der Waals surface area contributed by atoms with Crippen molar-refractivity contribution in [2.45, 2.75) is 44.9 Å². The lowest BCUT2D eigenvalue weighted by atomic mass is 9.97. The van der Waals surface area contributed by atoms with Crippen molar-refractivity contribution in [3.05, 3.63) is 53.6 Å². The first kappa shape index (κ1) is 22.5. The summed E-state index contributed by atoms with van der Waals surface area (Å²) >= 11 is 0. The van der Waals surface area contributed by atoms with Crippen LogP contribution in [0.1, 0.15) is 48.3 Å². The molecule has 7 nitrogen and oxygen atoms in total. The number of imidazole rings is 1. The van der Waals surface area contributed by atoms with Gasteiger partial charge < -0.3 is 15.0 Å². The fourth-order valence-corrected chi connectivity index (χ4v) is 3.00. The molecule has 166 valence electrons. The van der Waals surface area contributed by atoms with Crippen LogP contribution in [0.25, 0.3) is 11.0 Å². The Morgan fingerprint density at radius 3 is 2.45 bits per heavy atom. The number of fused-ring (bicyclic) bond motifs is 1. The fraction of sp³-hybridized carbons (Fsp3) is 0.368. The van der Waals surface area contributed by atoms with Crippen LogP contribution in [0.2, 0.25) is 0 Å². The summed E-state index contributed by atoms with van der Waals surface area (Å²) in [6, 6.07) is 2.05. The van der Waals surface area contributed by atoms with E-state index in [1.165, 1.54) is 19.9 Å². The number of carbonyl (C=O) groups excluding carboxylic acids is 1. The molecule has 1 aromatic carbocycles. The first-order valence-corrected chi connectivity index (χ1v) is 9.04. The van der Waals surface area contributed by atoms with Gasteiger partial charge in [-0.1, -0.05) is 0 Å². The zero-order valence-electron chi connectivity index (χ0n) is 16.4. The highest BCUT2D eigenvalue weighted by Crippen LogP contribution is 2.30. The van der Waals surface area contributed by atoms with Crippen molar-refractivity contribution in [3.8, 4) is 0 Å². The van der Waals surface area contributed by atoms with Crippen LogP contribution in [-0.4, -0.2) is 42.6 Å². The molecule has 0 aliphatic heterocycles. The van der Waals surface area contributed by atoms with Crippen molar-refractivity contribution in [3.63, 3.8) is 0 Å². The maximum atomic E-state index is 13.6. The topological polar surface area (TPSA) is 92.9 Å². The van der Waals surface area contributed by atoms with Crippen LogP contribution in [0.5, 0.6) is 0 Å². The number of amides is 1. The Morgan fingerprint density at radius 2 is 1.90 bits per heavy atom. The molecule has 0 saturated carbocycles. The van der Waals surface area contributed by atoms with Gasteiger partial charge in [0.2, 0.25) is 0 Å². The molecule has 0 unspecified atom stereocenters. The number of hydrogen-bond acceptors (Lipinski definition) is 5. The molecule has 1 atom stereocenters. The van der Waals surface area contributed by atoms with E-state index in [0.717, 1.165) is 29.1 Å². The molecule has 0 aliphatic rings. The summed E-state index contributed by atoms with van der Waals surface area (Å²) in [4.78, 5) is 23.8. The summed E-state index contributed by atoms with van der Waals surface area (Å²) in [5.41, 5.74) is -2.43. The van der Waals surface area contributed by atoms with Crippen LogP contribution in [0.4, 0.5) is 22.0 Å². The highest BCUT2D eigenvalue weighted by atomic mass is 19.3. The fourth-order valence-electron chi connectivity index (χ4n) is 3.00. The average molecular weight is 443 g/mol. The standard InChI is InChI=1S/C19H18F5N5O2/c1-19(2,31)15(28-18(30)12-7-25-11(6-26-12)16(23)24)17-27-10-5-9(20)3-4-13(10)29(17)8-14(21)22/h3-7,14-16,31H,8H2,1-2H3,(H,28,30)/t15-/m1/s1. The van der Waals surface area contributed by atoms with Gasteiger partial charge in [-0.2, -0.15) is 0 Å². The predicted molar refractivity (Wildman–Crippen MR) is 99.2 cm³/mol. The number of carbonyl (C=O) groups is 1. The van der Waals surface area contributed by atoms with Gasteiger partial charge in [-0.25, -0.2) is 31.9 Å². The Hall–Kier alpha value is -3.15. The number of hydrogen-bond donors (Lipinski definition) is 2. The number of rotatable bonds is 7. The molecule has 2 aromatic heterocycles. The number of aliphatic hydroxyl groups is 1. The van der Waals surface area contributed by atoms with Gasteiger partial charge in [0.1, 0.15) is 29.1 Å². The SMILES string of the molecule is CC(C)(O)[C@H](NC(=O)c1cnc(C(F)F)cn1)c1nc2cc(F)ccc2n1CC(F)F. The minimum absolute atomic E-state index is 0.0558. The van der Waals surface area contributed by atoms with Crippen molar-refractivity contribution in [2.75, 3.05) is 0 Å². The predicted octanol–water partition coefficient (Wildman–Crippen LogP) is 3.41. The van der Waals surface area contributed by atoms with Crippen LogP contribution in [0, 0.1) is 5.82 Å². The van der Waals surface area contributed by atoms with Gasteiger partial charge in [-0.3, -0.25) is 9.78 Å². The molecule has 3 aromatic rings. The molecule has 2 heterocycles. The quantitative estimate of drug-likeness (QED) is 0.546. The number of aromatic nitrogens is 4. The molecule has 0 radical (unpaired) electrons. The number of nitrogens with one attached hydrogen (secondary N) is 1. The number of nitrogens with zero attached hydrogens (tertiary/aromatic N) is 4. The van der Waals surface area contributed by atoms with Gasteiger partial charge in [0.25, 0.3) is 18.8 Å². The minimum Gasteiger partial charge on any atom is -0.388 e. The number of alkyl halides is 4. The monoisotopic (exact) mass is 443 g/mol. The van der Waals surface area contributed by atoms with E-state index in [9.17, 15) is 31.9 Å². The molecule has 3 rings (SSSR count). The second-order valence-electron chi connectivity index (χ2n) is 7.29. The molecular weight excluding hydrogens is 425 g/mol. The summed E-state index contributed by atoms with van der Waals surface area (Å²) in [6.07, 6.45) is -4.11. The van der Waals surface area contributed by atoms with Crippen LogP contribution in [0.3, 0.4) is 0 Å². The molecule has 0 spiro atoms. The van der Waals surface area contributed by atoms with Crippen LogP contribution >= 0.6 is 0 Å². The largest absolute Gasteiger partial charge is 0.388 e. The van der Waals surface area contributed by atoms with Gasteiger partial charge in [0, 0.05) is 6.07 Å². The van der Waals surface area contributed by atoms with Crippen molar-refractivity contribution < 1.29 is 31.9 Å². The minimum atomic E-state index is -2.87. The van der Waals surface area contributed by atoms with E-state index in [4.69, 9.17) is 0 Å². The molecule has 31 heavy (non-hydrogen) atoms. The van der Waals surface area contributed by atoms with Crippen LogP contribution < -0.4 is 5.32 Å². The zero-order valence-corrected chi connectivity index (χ0v) is 16.4. The molecule has 0 aliphatic carbocycles. The molecule has 2 N–H and O–H groups in total. The average Bonchev–Trinajstić information content (AvgIpc) is 3.01.